The summed E-state index contributed by atoms with van der Waals surface area (Å²) in [6, 6.07) is 9.24. The Morgan fingerprint density at radius 2 is 1.82 bits per heavy atom. The molecule has 3 aromatic rings. The van der Waals surface area contributed by atoms with Crippen LogP contribution in [0.1, 0.15) is 5.56 Å². The molecular formula is C17H16N6O4S. The molecule has 0 fully saturated rings. The van der Waals surface area contributed by atoms with Crippen molar-refractivity contribution in [3.8, 4) is 5.69 Å². The molecule has 0 spiro atoms. The van der Waals surface area contributed by atoms with Crippen molar-refractivity contribution in [2.45, 2.75) is 12.1 Å². The van der Waals surface area contributed by atoms with E-state index in [1.165, 1.54) is 4.57 Å². The van der Waals surface area contributed by atoms with Crippen molar-refractivity contribution in [3.63, 3.8) is 0 Å². The number of nitrogens with zero attached hydrogens (tertiary/aromatic N) is 2. The van der Waals surface area contributed by atoms with E-state index in [0.29, 0.717) is 5.69 Å². The van der Waals surface area contributed by atoms with Crippen molar-refractivity contribution >= 4 is 29.3 Å². The number of anilines is 2. The number of carbonyl (C=O) groups excluding carboxylic acids is 1. The van der Waals surface area contributed by atoms with E-state index < -0.39 is 22.7 Å². The molecule has 2 aromatic heterocycles. The van der Waals surface area contributed by atoms with E-state index in [2.05, 4.69) is 20.3 Å². The van der Waals surface area contributed by atoms with Gasteiger partial charge in [0.25, 0.3) is 11.1 Å². The average molecular weight is 400 g/mol. The van der Waals surface area contributed by atoms with Gasteiger partial charge in [-0.15, -0.1) is 0 Å². The predicted octanol–water partition coefficient (Wildman–Crippen LogP) is 0.231. The van der Waals surface area contributed by atoms with Gasteiger partial charge in [-0.2, -0.15) is 0 Å². The summed E-state index contributed by atoms with van der Waals surface area (Å²) in [6.07, 6.45) is 0. The molecule has 1 aromatic carbocycles. The van der Waals surface area contributed by atoms with Gasteiger partial charge in [0, 0.05) is 12.1 Å². The molecule has 1 amide bonds. The van der Waals surface area contributed by atoms with Gasteiger partial charge in [0.2, 0.25) is 5.91 Å². The quantitative estimate of drug-likeness (QED) is 0.353. The van der Waals surface area contributed by atoms with E-state index in [-0.39, 0.29) is 22.5 Å². The van der Waals surface area contributed by atoms with E-state index in [9.17, 15) is 19.2 Å². The number of rotatable bonds is 5. The van der Waals surface area contributed by atoms with Crippen LogP contribution in [0.2, 0.25) is 0 Å². The van der Waals surface area contributed by atoms with Crippen LogP contribution in [0.15, 0.2) is 55.9 Å². The van der Waals surface area contributed by atoms with Crippen molar-refractivity contribution in [2.24, 2.45) is 0 Å². The van der Waals surface area contributed by atoms with Gasteiger partial charge in [-0.1, -0.05) is 29.5 Å². The molecule has 28 heavy (non-hydrogen) atoms. The Bertz CT molecular complexity index is 1200. The molecule has 5 N–H and O–H groups in total. The van der Waals surface area contributed by atoms with Crippen molar-refractivity contribution < 1.29 is 4.79 Å². The number of carbonyl (C=O) groups is 1. The van der Waals surface area contributed by atoms with Gasteiger partial charge >= 0.3 is 5.69 Å². The minimum absolute atomic E-state index is 0.0252. The van der Waals surface area contributed by atoms with Crippen LogP contribution in [0.3, 0.4) is 0 Å². The fraction of sp³-hybridized carbons (Fsp3) is 0.118. The molecule has 11 heteroatoms. The van der Waals surface area contributed by atoms with Gasteiger partial charge in [0.05, 0.1) is 11.4 Å². The van der Waals surface area contributed by atoms with Gasteiger partial charge in [0.15, 0.2) is 5.16 Å². The molecule has 0 aliphatic rings. The maximum absolute atomic E-state index is 12.3. The lowest BCUT2D eigenvalue weighted by atomic mass is 10.2. The number of hydrogen-bond donors (Lipinski definition) is 4. The number of nitrogen functional groups attached to an aromatic ring is 1. The first-order chi connectivity index (χ1) is 13.3. The lowest BCUT2D eigenvalue weighted by Gasteiger charge is -2.13. The van der Waals surface area contributed by atoms with E-state index >= 15 is 0 Å². The maximum atomic E-state index is 12.3. The van der Waals surface area contributed by atoms with Crippen LogP contribution in [0.5, 0.6) is 0 Å². The monoisotopic (exact) mass is 400 g/mol. The summed E-state index contributed by atoms with van der Waals surface area (Å²) >= 11 is 0.956. The second kappa shape index (κ2) is 7.96. The van der Waals surface area contributed by atoms with Gasteiger partial charge in [-0.3, -0.25) is 19.4 Å². The first-order valence-corrected chi connectivity index (χ1v) is 9.03. The Labute approximate surface area is 161 Å². The molecule has 0 saturated heterocycles. The molecule has 0 bridgehead atoms. The Balaban J connectivity index is 1.84. The molecule has 10 nitrogen and oxygen atoms in total. The van der Waals surface area contributed by atoms with E-state index in [4.69, 9.17) is 5.73 Å². The molecular weight excluding hydrogens is 384 g/mol. The lowest BCUT2D eigenvalue weighted by molar-refractivity contribution is -0.113. The molecule has 144 valence electrons. The van der Waals surface area contributed by atoms with Crippen molar-refractivity contribution in [1.82, 2.24) is 19.5 Å². The second-order valence-corrected chi connectivity index (χ2v) is 6.77. The van der Waals surface area contributed by atoms with Crippen LogP contribution in [-0.4, -0.2) is 31.2 Å². The average Bonchev–Trinajstić information content (AvgIpc) is 2.60. The summed E-state index contributed by atoms with van der Waals surface area (Å²) < 4.78 is 1.18. The number of amides is 1. The molecule has 0 radical (unpaired) electrons. The number of thioether (sulfide) groups is 1. The zero-order valence-corrected chi connectivity index (χ0v) is 15.5. The minimum atomic E-state index is -0.680. The smallest absolute Gasteiger partial charge is 0.334 e. The molecule has 3 rings (SSSR count). The fourth-order valence-corrected chi connectivity index (χ4v) is 3.05. The number of hydrogen-bond acceptors (Lipinski definition) is 7. The van der Waals surface area contributed by atoms with Crippen molar-refractivity contribution in [3.05, 3.63) is 73.2 Å². The summed E-state index contributed by atoms with van der Waals surface area (Å²) in [5.41, 5.74) is 5.22. The van der Waals surface area contributed by atoms with Crippen LogP contribution < -0.4 is 27.9 Å². The van der Waals surface area contributed by atoms with Crippen LogP contribution in [0.4, 0.5) is 11.6 Å². The minimum Gasteiger partial charge on any atom is -0.383 e. The summed E-state index contributed by atoms with van der Waals surface area (Å²) in [7, 11) is 0. The van der Waals surface area contributed by atoms with Gasteiger partial charge in [-0.25, -0.2) is 14.3 Å². The first kappa shape index (κ1) is 19.2. The number of nitrogens with two attached hydrogens (primary N) is 1. The standard InChI is InChI=1S/C17H16N6O4S/c1-9-2-4-10(5-3-9)23-12(7-14(25)22-17(23)27)20-15(26)8-28-16-19-11(18)6-13(24)21-16/h2-7H,8H2,1H3,(H,20,26)(H,22,25,27)(H3,18,19,21,24). The SMILES string of the molecule is Cc1ccc(-n2c(NC(=O)CSc3nc(N)cc(=O)[nH]3)cc(=O)[nH]c2=O)cc1. The van der Waals surface area contributed by atoms with E-state index in [1.54, 1.807) is 24.3 Å². The fourth-order valence-electron chi connectivity index (χ4n) is 2.37. The molecule has 0 saturated carbocycles. The van der Waals surface area contributed by atoms with E-state index in [0.717, 1.165) is 29.5 Å². The number of aryl methyl sites for hydroxylation is 1. The lowest BCUT2D eigenvalue weighted by Crippen LogP contribution is -2.32. The first-order valence-electron chi connectivity index (χ1n) is 8.05. The molecule has 0 unspecified atom stereocenters. The van der Waals surface area contributed by atoms with Gasteiger partial charge < -0.3 is 16.0 Å². The van der Waals surface area contributed by atoms with Gasteiger partial charge in [-0.05, 0) is 19.1 Å². The predicted molar refractivity (Wildman–Crippen MR) is 106 cm³/mol. The van der Waals surface area contributed by atoms with Crippen molar-refractivity contribution in [1.29, 1.82) is 0 Å². The highest BCUT2D eigenvalue weighted by Gasteiger charge is 2.12. The third-order valence-electron chi connectivity index (χ3n) is 3.58. The summed E-state index contributed by atoms with van der Waals surface area (Å²) in [6.45, 7) is 1.90. The Kier molecular flexibility index (Phi) is 5.45. The Hall–Kier alpha value is -3.60. The Morgan fingerprint density at radius 1 is 1.14 bits per heavy atom. The molecule has 2 heterocycles. The number of H-pyrrole nitrogens is 2. The third-order valence-corrected chi connectivity index (χ3v) is 4.45. The highest BCUT2D eigenvalue weighted by Crippen LogP contribution is 2.15. The zero-order valence-electron chi connectivity index (χ0n) is 14.7. The summed E-state index contributed by atoms with van der Waals surface area (Å²) in [5, 5.41) is 2.72. The van der Waals surface area contributed by atoms with Crippen molar-refractivity contribution in [2.75, 3.05) is 16.8 Å². The number of nitrogens with one attached hydrogen (secondary N) is 3. The number of aromatic nitrogens is 4. The molecule has 0 aliphatic heterocycles. The highest BCUT2D eigenvalue weighted by atomic mass is 32.2. The van der Waals surface area contributed by atoms with Crippen LogP contribution in [-0.2, 0) is 4.79 Å². The maximum Gasteiger partial charge on any atom is 0.334 e. The third kappa shape index (κ3) is 4.57. The van der Waals surface area contributed by atoms with Crippen LogP contribution >= 0.6 is 11.8 Å². The van der Waals surface area contributed by atoms with Gasteiger partial charge in [0.1, 0.15) is 11.6 Å². The highest BCUT2D eigenvalue weighted by molar-refractivity contribution is 7.99. The largest absolute Gasteiger partial charge is 0.383 e. The normalized spacial score (nSPS) is 10.6. The molecule has 0 atom stereocenters. The zero-order chi connectivity index (χ0) is 20.3. The summed E-state index contributed by atoms with van der Waals surface area (Å²) in [4.78, 5) is 56.2. The Morgan fingerprint density at radius 3 is 2.50 bits per heavy atom. The molecule has 0 aliphatic carbocycles. The van der Waals surface area contributed by atoms with Crippen LogP contribution in [0.25, 0.3) is 5.69 Å². The number of benzene rings is 1. The topological polar surface area (TPSA) is 156 Å². The van der Waals surface area contributed by atoms with Crippen LogP contribution in [0, 0.1) is 6.92 Å². The second-order valence-electron chi connectivity index (χ2n) is 5.81. The van der Waals surface area contributed by atoms with E-state index in [1.807, 2.05) is 6.92 Å². The summed E-state index contributed by atoms with van der Waals surface area (Å²) in [5.74, 6) is -0.561. The number of aromatic amines is 2.